The summed E-state index contributed by atoms with van der Waals surface area (Å²) < 4.78 is 0. The molecule has 6 heteroatoms. The molecule has 0 radical (unpaired) electrons. The minimum Gasteiger partial charge on any atom is -0.326 e. The first-order valence-corrected chi connectivity index (χ1v) is 8.31. The zero-order valence-electron chi connectivity index (χ0n) is 13.2. The Bertz CT molecular complexity index is 730. The number of nitrogens with one attached hydrogen (secondary N) is 2. The highest BCUT2D eigenvalue weighted by atomic mass is 35.5. The van der Waals surface area contributed by atoms with Crippen LogP contribution >= 0.6 is 23.2 Å². The summed E-state index contributed by atoms with van der Waals surface area (Å²) in [7, 11) is 0. The van der Waals surface area contributed by atoms with Crippen LogP contribution in [-0.4, -0.2) is 11.8 Å². The summed E-state index contributed by atoms with van der Waals surface area (Å²) in [5.41, 5.74) is 2.21. The smallest absolute Gasteiger partial charge is 0.224 e. The summed E-state index contributed by atoms with van der Waals surface area (Å²) in [6, 6.07) is 12.5. The van der Waals surface area contributed by atoms with Crippen molar-refractivity contribution in [3.8, 4) is 0 Å². The van der Waals surface area contributed by atoms with E-state index in [1.807, 2.05) is 24.3 Å². The van der Waals surface area contributed by atoms with E-state index >= 15 is 0 Å². The zero-order chi connectivity index (χ0) is 17.5. The molecule has 0 aliphatic carbocycles. The molecule has 0 unspecified atom stereocenters. The lowest BCUT2D eigenvalue weighted by Gasteiger charge is -2.10. The van der Waals surface area contributed by atoms with Gasteiger partial charge in [0.15, 0.2) is 0 Å². The summed E-state index contributed by atoms with van der Waals surface area (Å²) in [6.07, 6.45) is 1.89. The summed E-state index contributed by atoms with van der Waals surface area (Å²) >= 11 is 11.9. The van der Waals surface area contributed by atoms with Crippen LogP contribution in [0.15, 0.2) is 42.5 Å². The Kier molecular flexibility index (Phi) is 6.64. The molecule has 4 nitrogen and oxygen atoms in total. The number of halogens is 2. The van der Waals surface area contributed by atoms with Gasteiger partial charge in [0.05, 0.1) is 10.7 Å². The van der Waals surface area contributed by atoms with E-state index in [1.165, 1.54) is 6.92 Å². The molecule has 0 aliphatic rings. The number of hydrogen-bond donors (Lipinski definition) is 2. The van der Waals surface area contributed by atoms with E-state index in [0.29, 0.717) is 27.8 Å². The third-order valence-corrected chi connectivity index (χ3v) is 3.92. The molecule has 0 atom stereocenters. The number of rotatable bonds is 6. The van der Waals surface area contributed by atoms with Crippen LogP contribution < -0.4 is 10.6 Å². The molecule has 0 saturated heterocycles. The quantitative estimate of drug-likeness (QED) is 0.764. The van der Waals surface area contributed by atoms with Crippen molar-refractivity contribution in [2.75, 3.05) is 10.6 Å². The molecule has 2 aromatic carbocycles. The summed E-state index contributed by atoms with van der Waals surface area (Å²) in [4.78, 5) is 23.2. The summed E-state index contributed by atoms with van der Waals surface area (Å²) in [5, 5.41) is 6.56. The number of aryl methyl sites for hydroxylation is 1. The molecule has 0 saturated carbocycles. The van der Waals surface area contributed by atoms with Gasteiger partial charge in [-0.25, -0.2) is 0 Å². The molecular formula is C18H18Cl2N2O2. The second kappa shape index (κ2) is 8.71. The largest absolute Gasteiger partial charge is 0.326 e. The van der Waals surface area contributed by atoms with Gasteiger partial charge >= 0.3 is 0 Å². The van der Waals surface area contributed by atoms with E-state index < -0.39 is 0 Å². The average molecular weight is 365 g/mol. The average Bonchev–Trinajstić information content (AvgIpc) is 2.52. The van der Waals surface area contributed by atoms with E-state index in [0.717, 1.165) is 18.4 Å². The Morgan fingerprint density at radius 2 is 1.71 bits per heavy atom. The fraction of sp³-hybridized carbons (Fsp3) is 0.222. The van der Waals surface area contributed by atoms with Crippen LogP contribution in [0, 0.1) is 0 Å². The van der Waals surface area contributed by atoms with Gasteiger partial charge in [-0.05, 0) is 48.7 Å². The highest BCUT2D eigenvalue weighted by molar-refractivity contribution is 6.33. The maximum Gasteiger partial charge on any atom is 0.224 e. The van der Waals surface area contributed by atoms with Gasteiger partial charge in [0.1, 0.15) is 0 Å². The van der Waals surface area contributed by atoms with E-state index in [-0.39, 0.29) is 11.8 Å². The lowest BCUT2D eigenvalue weighted by Crippen LogP contribution is -2.12. The van der Waals surface area contributed by atoms with Crippen molar-refractivity contribution in [3.05, 3.63) is 58.1 Å². The molecule has 24 heavy (non-hydrogen) atoms. The van der Waals surface area contributed by atoms with Crippen molar-refractivity contribution in [2.45, 2.75) is 26.2 Å². The van der Waals surface area contributed by atoms with E-state index in [2.05, 4.69) is 10.6 Å². The Morgan fingerprint density at radius 1 is 1.00 bits per heavy atom. The van der Waals surface area contributed by atoms with Gasteiger partial charge in [0, 0.05) is 24.1 Å². The molecule has 0 bridgehead atoms. The van der Waals surface area contributed by atoms with E-state index in [9.17, 15) is 9.59 Å². The topological polar surface area (TPSA) is 58.2 Å². The molecule has 0 spiro atoms. The van der Waals surface area contributed by atoms with Gasteiger partial charge in [-0.3, -0.25) is 9.59 Å². The van der Waals surface area contributed by atoms with Gasteiger partial charge in [-0.2, -0.15) is 0 Å². The van der Waals surface area contributed by atoms with E-state index in [4.69, 9.17) is 23.2 Å². The standard InChI is InChI=1S/C18H18Cl2N2O2/c1-12(23)21-15-9-10-16(20)17(11-15)22-18(24)4-2-3-13-5-7-14(19)8-6-13/h5-11H,2-4H2,1H3,(H,21,23)(H,22,24). The van der Waals surface area contributed by atoms with Crippen molar-refractivity contribution >= 4 is 46.4 Å². The van der Waals surface area contributed by atoms with Crippen LogP contribution in [-0.2, 0) is 16.0 Å². The third kappa shape index (κ3) is 5.87. The molecule has 0 heterocycles. The predicted molar refractivity (Wildman–Crippen MR) is 98.8 cm³/mol. The number of anilines is 2. The maximum absolute atomic E-state index is 12.1. The zero-order valence-corrected chi connectivity index (χ0v) is 14.7. The van der Waals surface area contributed by atoms with Crippen LogP contribution in [0.3, 0.4) is 0 Å². The first-order valence-electron chi connectivity index (χ1n) is 7.55. The second-order valence-corrected chi connectivity index (χ2v) is 6.25. The first-order chi connectivity index (χ1) is 11.4. The van der Waals surface area contributed by atoms with Crippen molar-refractivity contribution in [1.82, 2.24) is 0 Å². The molecule has 2 N–H and O–H groups in total. The minimum atomic E-state index is -0.183. The molecule has 126 valence electrons. The van der Waals surface area contributed by atoms with Gasteiger partial charge in [0.25, 0.3) is 0 Å². The molecule has 2 rings (SSSR count). The van der Waals surface area contributed by atoms with Gasteiger partial charge in [-0.15, -0.1) is 0 Å². The van der Waals surface area contributed by atoms with Gasteiger partial charge < -0.3 is 10.6 Å². The number of benzene rings is 2. The lowest BCUT2D eigenvalue weighted by molar-refractivity contribution is -0.116. The molecule has 0 fully saturated rings. The van der Waals surface area contributed by atoms with Crippen molar-refractivity contribution in [1.29, 1.82) is 0 Å². The summed E-state index contributed by atoms with van der Waals surface area (Å²) in [6.45, 7) is 1.42. The monoisotopic (exact) mass is 364 g/mol. The Hall–Kier alpha value is -2.04. The fourth-order valence-corrected chi connectivity index (χ4v) is 2.51. The normalized spacial score (nSPS) is 10.3. The lowest BCUT2D eigenvalue weighted by atomic mass is 10.1. The van der Waals surface area contributed by atoms with Crippen molar-refractivity contribution in [2.24, 2.45) is 0 Å². The van der Waals surface area contributed by atoms with Crippen LogP contribution in [0.1, 0.15) is 25.3 Å². The van der Waals surface area contributed by atoms with Crippen LogP contribution in [0.2, 0.25) is 10.0 Å². The number of amides is 2. The van der Waals surface area contributed by atoms with Crippen molar-refractivity contribution < 1.29 is 9.59 Å². The minimum absolute atomic E-state index is 0.120. The Labute approximate surface area is 151 Å². The van der Waals surface area contributed by atoms with Crippen LogP contribution in [0.5, 0.6) is 0 Å². The molecule has 0 aliphatic heterocycles. The van der Waals surface area contributed by atoms with Crippen LogP contribution in [0.25, 0.3) is 0 Å². The molecule has 2 aromatic rings. The first kappa shape index (κ1) is 18.3. The molecule has 2 amide bonds. The predicted octanol–water partition coefficient (Wildman–Crippen LogP) is 4.91. The van der Waals surface area contributed by atoms with Crippen LogP contribution in [0.4, 0.5) is 11.4 Å². The molecular weight excluding hydrogens is 347 g/mol. The second-order valence-electron chi connectivity index (χ2n) is 5.40. The van der Waals surface area contributed by atoms with Gasteiger partial charge in [-0.1, -0.05) is 35.3 Å². The fourth-order valence-electron chi connectivity index (χ4n) is 2.22. The number of carbonyl (C=O) groups excluding carboxylic acids is 2. The number of hydrogen-bond acceptors (Lipinski definition) is 2. The molecule has 0 aromatic heterocycles. The Morgan fingerprint density at radius 3 is 2.38 bits per heavy atom. The highest BCUT2D eigenvalue weighted by Crippen LogP contribution is 2.26. The Balaban J connectivity index is 1.87. The number of carbonyl (C=O) groups is 2. The highest BCUT2D eigenvalue weighted by Gasteiger charge is 2.08. The summed E-state index contributed by atoms with van der Waals surface area (Å²) in [5.74, 6) is -0.302. The third-order valence-electron chi connectivity index (χ3n) is 3.34. The maximum atomic E-state index is 12.1. The van der Waals surface area contributed by atoms with Gasteiger partial charge in [0.2, 0.25) is 11.8 Å². The van der Waals surface area contributed by atoms with Crippen molar-refractivity contribution in [3.63, 3.8) is 0 Å². The SMILES string of the molecule is CC(=O)Nc1ccc(Cl)c(NC(=O)CCCc2ccc(Cl)cc2)c1. The van der Waals surface area contributed by atoms with E-state index in [1.54, 1.807) is 18.2 Å².